The van der Waals surface area contributed by atoms with Crippen LogP contribution in [0.25, 0.3) is 11.1 Å². The minimum absolute atomic E-state index is 0.700. The summed E-state index contributed by atoms with van der Waals surface area (Å²) in [5, 5.41) is 8.63. The van der Waals surface area contributed by atoms with Gasteiger partial charge < -0.3 is 5.73 Å². The zero-order valence-electron chi connectivity index (χ0n) is 11.5. The van der Waals surface area contributed by atoms with E-state index in [1.807, 2.05) is 78.9 Å². The van der Waals surface area contributed by atoms with Crippen molar-refractivity contribution in [2.24, 2.45) is 10.2 Å². The largest absolute Gasteiger partial charge is 0.398 e. The van der Waals surface area contributed by atoms with Crippen molar-refractivity contribution in [2.75, 3.05) is 5.73 Å². The molecule has 0 aliphatic heterocycles. The summed E-state index contributed by atoms with van der Waals surface area (Å²) in [6, 6.07) is 25.3. The summed E-state index contributed by atoms with van der Waals surface area (Å²) >= 11 is 0. The van der Waals surface area contributed by atoms with E-state index in [0.717, 1.165) is 22.5 Å². The predicted molar refractivity (Wildman–Crippen MR) is 86.9 cm³/mol. The number of nitrogens with zero attached hydrogens (tertiary/aromatic N) is 2. The molecule has 0 saturated carbocycles. The standard InChI is InChI=1S/C18H15N3/c19-16-12-7-13-17(18(16)14-8-3-1-4-9-14)21-20-15-10-5-2-6-11-15/h1-13H,19H2. The second-order valence-corrected chi connectivity index (χ2v) is 4.64. The van der Waals surface area contributed by atoms with Crippen LogP contribution in [0.1, 0.15) is 0 Å². The molecule has 3 aromatic carbocycles. The Hall–Kier alpha value is -2.94. The molecule has 0 aliphatic rings. The maximum Gasteiger partial charge on any atom is 0.0956 e. The van der Waals surface area contributed by atoms with Crippen LogP contribution in [0.2, 0.25) is 0 Å². The highest BCUT2D eigenvalue weighted by Crippen LogP contribution is 2.35. The quantitative estimate of drug-likeness (QED) is 0.507. The molecule has 0 bridgehead atoms. The number of nitrogen functional groups attached to an aromatic ring is 1. The molecule has 0 unspecified atom stereocenters. The van der Waals surface area contributed by atoms with Crippen LogP contribution in [0.4, 0.5) is 17.1 Å². The molecule has 0 aromatic heterocycles. The topological polar surface area (TPSA) is 50.7 Å². The highest BCUT2D eigenvalue weighted by Gasteiger charge is 2.08. The van der Waals surface area contributed by atoms with Crippen LogP contribution in [0, 0.1) is 0 Å². The van der Waals surface area contributed by atoms with E-state index in [1.54, 1.807) is 0 Å². The first-order valence-corrected chi connectivity index (χ1v) is 6.75. The minimum atomic E-state index is 0.700. The van der Waals surface area contributed by atoms with E-state index >= 15 is 0 Å². The zero-order valence-corrected chi connectivity index (χ0v) is 11.5. The minimum Gasteiger partial charge on any atom is -0.398 e. The van der Waals surface area contributed by atoms with Crippen molar-refractivity contribution in [1.29, 1.82) is 0 Å². The van der Waals surface area contributed by atoms with E-state index in [1.165, 1.54) is 0 Å². The molecule has 0 spiro atoms. The molecule has 0 saturated heterocycles. The molecule has 2 N–H and O–H groups in total. The van der Waals surface area contributed by atoms with Gasteiger partial charge in [0.25, 0.3) is 0 Å². The summed E-state index contributed by atoms with van der Waals surface area (Å²) in [6.07, 6.45) is 0. The van der Waals surface area contributed by atoms with Crippen molar-refractivity contribution in [3.63, 3.8) is 0 Å². The fraction of sp³-hybridized carbons (Fsp3) is 0. The molecule has 3 nitrogen and oxygen atoms in total. The SMILES string of the molecule is Nc1cccc(N=Nc2ccccc2)c1-c1ccccc1. The number of hydrogen-bond donors (Lipinski definition) is 1. The molecule has 0 radical (unpaired) electrons. The summed E-state index contributed by atoms with van der Waals surface area (Å²) in [5.74, 6) is 0. The number of nitrogens with two attached hydrogens (primary N) is 1. The third-order valence-electron chi connectivity index (χ3n) is 3.17. The third kappa shape index (κ3) is 2.98. The molecular formula is C18H15N3. The van der Waals surface area contributed by atoms with Gasteiger partial charge in [0.05, 0.1) is 11.4 Å². The van der Waals surface area contributed by atoms with Crippen molar-refractivity contribution in [3.05, 3.63) is 78.9 Å². The third-order valence-corrected chi connectivity index (χ3v) is 3.17. The molecular weight excluding hydrogens is 258 g/mol. The summed E-state index contributed by atoms with van der Waals surface area (Å²) in [5.41, 5.74) is 10.4. The van der Waals surface area contributed by atoms with Crippen LogP contribution >= 0.6 is 0 Å². The van der Waals surface area contributed by atoms with Gasteiger partial charge >= 0.3 is 0 Å². The molecule has 3 aromatic rings. The van der Waals surface area contributed by atoms with Gasteiger partial charge in [-0.25, -0.2) is 0 Å². The molecule has 3 heteroatoms. The van der Waals surface area contributed by atoms with Crippen molar-refractivity contribution >= 4 is 17.1 Å². The lowest BCUT2D eigenvalue weighted by molar-refractivity contribution is 1.23. The fourth-order valence-corrected chi connectivity index (χ4v) is 2.17. The maximum absolute atomic E-state index is 6.12. The lowest BCUT2D eigenvalue weighted by Gasteiger charge is -2.08. The predicted octanol–water partition coefficient (Wildman–Crippen LogP) is 5.35. The normalized spacial score (nSPS) is 10.9. The van der Waals surface area contributed by atoms with Gasteiger partial charge in [-0.15, -0.1) is 5.11 Å². The Morgan fingerprint density at radius 3 is 2.00 bits per heavy atom. The smallest absolute Gasteiger partial charge is 0.0956 e. The maximum atomic E-state index is 6.12. The van der Waals surface area contributed by atoms with Crippen LogP contribution in [0.5, 0.6) is 0 Å². The Morgan fingerprint density at radius 2 is 1.29 bits per heavy atom. The second kappa shape index (κ2) is 6.01. The van der Waals surface area contributed by atoms with Gasteiger partial charge in [-0.05, 0) is 29.8 Å². The molecule has 21 heavy (non-hydrogen) atoms. The summed E-state index contributed by atoms with van der Waals surface area (Å²) in [4.78, 5) is 0. The summed E-state index contributed by atoms with van der Waals surface area (Å²) in [6.45, 7) is 0. The Balaban J connectivity index is 2.04. The van der Waals surface area contributed by atoms with Gasteiger partial charge in [-0.2, -0.15) is 5.11 Å². The van der Waals surface area contributed by atoms with Gasteiger partial charge in [-0.3, -0.25) is 0 Å². The lowest BCUT2D eigenvalue weighted by Crippen LogP contribution is -1.89. The number of benzene rings is 3. The van der Waals surface area contributed by atoms with E-state index in [-0.39, 0.29) is 0 Å². The van der Waals surface area contributed by atoms with Gasteiger partial charge in [0.15, 0.2) is 0 Å². The van der Waals surface area contributed by atoms with Crippen LogP contribution in [-0.4, -0.2) is 0 Å². The van der Waals surface area contributed by atoms with Crippen molar-refractivity contribution in [1.82, 2.24) is 0 Å². The lowest BCUT2D eigenvalue weighted by atomic mass is 10.0. The molecule has 0 heterocycles. The number of azo groups is 1. The summed E-state index contributed by atoms with van der Waals surface area (Å²) < 4.78 is 0. The molecule has 0 atom stereocenters. The van der Waals surface area contributed by atoms with Gasteiger partial charge in [0.1, 0.15) is 0 Å². The average Bonchev–Trinajstić information content (AvgIpc) is 2.55. The Bertz CT molecular complexity index is 750. The van der Waals surface area contributed by atoms with Gasteiger partial charge in [0.2, 0.25) is 0 Å². The van der Waals surface area contributed by atoms with Crippen molar-refractivity contribution in [2.45, 2.75) is 0 Å². The van der Waals surface area contributed by atoms with E-state index in [2.05, 4.69) is 10.2 Å². The molecule has 0 amide bonds. The van der Waals surface area contributed by atoms with E-state index in [4.69, 9.17) is 5.73 Å². The van der Waals surface area contributed by atoms with Crippen molar-refractivity contribution in [3.8, 4) is 11.1 Å². The van der Waals surface area contributed by atoms with Crippen LogP contribution < -0.4 is 5.73 Å². The highest BCUT2D eigenvalue weighted by atomic mass is 15.1. The number of anilines is 1. The van der Waals surface area contributed by atoms with Crippen LogP contribution in [0.15, 0.2) is 89.1 Å². The molecule has 0 fully saturated rings. The van der Waals surface area contributed by atoms with Crippen molar-refractivity contribution < 1.29 is 0 Å². The highest BCUT2D eigenvalue weighted by molar-refractivity contribution is 5.85. The van der Waals surface area contributed by atoms with Crippen LogP contribution in [-0.2, 0) is 0 Å². The fourth-order valence-electron chi connectivity index (χ4n) is 2.17. The monoisotopic (exact) mass is 273 g/mol. The van der Waals surface area contributed by atoms with E-state index in [0.29, 0.717) is 5.69 Å². The molecule has 0 aliphatic carbocycles. The molecule has 102 valence electrons. The van der Waals surface area contributed by atoms with Gasteiger partial charge in [-0.1, -0.05) is 54.6 Å². The first-order valence-electron chi connectivity index (χ1n) is 6.75. The zero-order chi connectivity index (χ0) is 14.5. The Kier molecular flexibility index (Phi) is 3.74. The summed E-state index contributed by atoms with van der Waals surface area (Å²) in [7, 11) is 0. The van der Waals surface area contributed by atoms with E-state index < -0.39 is 0 Å². The van der Waals surface area contributed by atoms with Crippen LogP contribution in [0.3, 0.4) is 0 Å². The van der Waals surface area contributed by atoms with E-state index in [9.17, 15) is 0 Å². The molecule has 3 rings (SSSR count). The Labute approximate surface area is 123 Å². The first-order chi connectivity index (χ1) is 10.3. The number of rotatable bonds is 3. The Morgan fingerprint density at radius 1 is 0.619 bits per heavy atom. The first kappa shape index (κ1) is 13.1. The van der Waals surface area contributed by atoms with Gasteiger partial charge in [0, 0.05) is 11.3 Å². The number of hydrogen-bond acceptors (Lipinski definition) is 3. The average molecular weight is 273 g/mol. The second-order valence-electron chi connectivity index (χ2n) is 4.64.